The highest BCUT2D eigenvalue weighted by atomic mass is 35.5. The van der Waals surface area contributed by atoms with Gasteiger partial charge >= 0.3 is 13.6 Å². The molecule has 5 N–H and O–H groups in total. The van der Waals surface area contributed by atoms with Crippen molar-refractivity contribution < 1.29 is 24.3 Å². The average molecular weight is 345 g/mol. The molecule has 2 rings (SSSR count). The summed E-state index contributed by atoms with van der Waals surface area (Å²) < 4.78 is 11.3. The van der Waals surface area contributed by atoms with Crippen LogP contribution in [-0.4, -0.2) is 31.9 Å². The second kappa shape index (κ2) is 6.32. The predicted molar refractivity (Wildman–Crippen MR) is 81.8 cm³/mol. The Balaban J connectivity index is 2.54. The Morgan fingerprint density at radius 2 is 2.05 bits per heavy atom. The summed E-state index contributed by atoms with van der Waals surface area (Å²) in [5.74, 6) is -1.21. The van der Waals surface area contributed by atoms with Gasteiger partial charge in [-0.05, 0) is 23.8 Å². The van der Waals surface area contributed by atoms with Crippen molar-refractivity contribution in [3.8, 4) is 0 Å². The molecule has 2 aromatic rings. The predicted octanol–water partition coefficient (Wildman–Crippen LogP) is 1.52. The van der Waals surface area contributed by atoms with Crippen molar-refractivity contribution in [1.82, 2.24) is 4.98 Å². The zero-order valence-electron chi connectivity index (χ0n) is 11.3. The molecule has 7 nitrogen and oxygen atoms in total. The number of pyridine rings is 1. The molecule has 0 spiro atoms. The van der Waals surface area contributed by atoms with Gasteiger partial charge in [-0.2, -0.15) is 0 Å². The van der Waals surface area contributed by atoms with Crippen LogP contribution < -0.4 is 5.73 Å². The number of halogens is 1. The third kappa shape index (κ3) is 4.25. The summed E-state index contributed by atoms with van der Waals surface area (Å²) in [6.07, 6.45) is -0.659. The fraction of sp³-hybridized carbons (Fsp3) is 0.231. The number of carboxylic acid groups (broad SMARTS) is 1. The van der Waals surface area contributed by atoms with Crippen molar-refractivity contribution in [3.63, 3.8) is 0 Å². The third-order valence-electron chi connectivity index (χ3n) is 3.06. The molecule has 0 radical (unpaired) electrons. The van der Waals surface area contributed by atoms with Crippen molar-refractivity contribution in [2.45, 2.75) is 18.6 Å². The summed E-state index contributed by atoms with van der Waals surface area (Å²) in [5, 5.41) is 10.0. The average Bonchev–Trinajstić information content (AvgIpc) is 2.37. The molecule has 9 heteroatoms. The quantitative estimate of drug-likeness (QED) is 0.604. The minimum atomic E-state index is -4.32. The maximum absolute atomic E-state index is 11.3. The number of aliphatic carboxylic acids is 1. The molecular weight excluding hydrogens is 331 g/mol. The van der Waals surface area contributed by atoms with Gasteiger partial charge in [0.15, 0.2) is 0 Å². The minimum Gasteiger partial charge on any atom is -0.480 e. The highest BCUT2D eigenvalue weighted by Crippen LogP contribution is 2.40. The van der Waals surface area contributed by atoms with Crippen LogP contribution in [0.4, 0.5) is 0 Å². The first kappa shape index (κ1) is 16.9. The first-order valence-corrected chi connectivity index (χ1v) is 8.44. The number of nitrogens with zero attached hydrogens (tertiary/aromatic N) is 1. The summed E-state index contributed by atoms with van der Waals surface area (Å²) in [5.41, 5.74) is 6.53. The van der Waals surface area contributed by atoms with Crippen LogP contribution in [0.1, 0.15) is 11.3 Å². The van der Waals surface area contributed by atoms with Crippen molar-refractivity contribution >= 4 is 36.1 Å². The van der Waals surface area contributed by atoms with Gasteiger partial charge in [0, 0.05) is 22.5 Å². The van der Waals surface area contributed by atoms with Crippen LogP contribution in [0.15, 0.2) is 24.3 Å². The molecule has 1 atom stereocenters. The van der Waals surface area contributed by atoms with Crippen LogP contribution in [0, 0.1) is 0 Å². The molecule has 0 bridgehead atoms. The van der Waals surface area contributed by atoms with Gasteiger partial charge in [0.25, 0.3) is 0 Å². The third-order valence-corrected chi connectivity index (χ3v) is 4.04. The van der Waals surface area contributed by atoms with E-state index < -0.39 is 25.8 Å². The van der Waals surface area contributed by atoms with Gasteiger partial charge in [0.2, 0.25) is 0 Å². The van der Waals surface area contributed by atoms with Gasteiger partial charge in [0.05, 0.1) is 11.7 Å². The lowest BCUT2D eigenvalue weighted by Crippen LogP contribution is -2.33. The first-order chi connectivity index (χ1) is 10.2. The highest BCUT2D eigenvalue weighted by Gasteiger charge is 2.21. The van der Waals surface area contributed by atoms with Crippen molar-refractivity contribution in [2.24, 2.45) is 5.73 Å². The zero-order valence-corrected chi connectivity index (χ0v) is 13.0. The molecule has 0 saturated carbocycles. The number of benzene rings is 1. The lowest BCUT2D eigenvalue weighted by Gasteiger charge is -2.13. The van der Waals surface area contributed by atoms with Gasteiger partial charge in [-0.25, -0.2) is 0 Å². The van der Waals surface area contributed by atoms with Gasteiger partial charge in [-0.1, -0.05) is 17.7 Å². The Labute approximate surface area is 130 Å². The van der Waals surface area contributed by atoms with Crippen molar-refractivity contribution in [1.29, 1.82) is 0 Å². The van der Waals surface area contributed by atoms with Gasteiger partial charge in [-0.15, -0.1) is 0 Å². The van der Waals surface area contributed by atoms with Gasteiger partial charge in [-0.3, -0.25) is 14.3 Å². The fourth-order valence-electron chi connectivity index (χ4n) is 2.06. The van der Waals surface area contributed by atoms with E-state index in [1.54, 1.807) is 24.3 Å². The van der Waals surface area contributed by atoms with Crippen LogP contribution in [-0.2, 0) is 21.9 Å². The SMILES string of the molecule is N[C@H](Cc1nc2cc(Cl)ccc2cc1CP(=O)(O)O)C(=O)O. The lowest BCUT2D eigenvalue weighted by molar-refractivity contribution is -0.138. The van der Waals surface area contributed by atoms with Gasteiger partial charge < -0.3 is 20.6 Å². The van der Waals surface area contributed by atoms with E-state index in [9.17, 15) is 9.36 Å². The second-order valence-electron chi connectivity index (χ2n) is 4.90. The molecule has 0 saturated heterocycles. The van der Waals surface area contributed by atoms with E-state index in [1.165, 1.54) is 0 Å². The molecule has 1 aromatic carbocycles. The number of aromatic nitrogens is 1. The molecule has 0 aliphatic heterocycles. The number of carboxylic acids is 1. The Bertz CT molecular complexity index is 776. The van der Waals surface area contributed by atoms with E-state index in [4.69, 9.17) is 32.2 Å². The van der Waals surface area contributed by atoms with Crippen molar-refractivity contribution in [2.75, 3.05) is 0 Å². The molecule has 0 aliphatic rings. The topological polar surface area (TPSA) is 134 Å². The van der Waals surface area contributed by atoms with Crippen LogP contribution in [0.2, 0.25) is 5.02 Å². The molecule has 0 unspecified atom stereocenters. The van der Waals surface area contributed by atoms with Crippen molar-refractivity contribution in [3.05, 3.63) is 40.5 Å². The minimum absolute atomic E-state index is 0.132. The van der Waals surface area contributed by atoms with E-state index in [0.29, 0.717) is 15.9 Å². The molecule has 118 valence electrons. The lowest BCUT2D eigenvalue weighted by atomic mass is 10.0. The Hall–Kier alpha value is -1.50. The second-order valence-corrected chi connectivity index (χ2v) is 6.98. The molecule has 0 amide bonds. The van der Waals surface area contributed by atoms with Crippen LogP contribution >= 0.6 is 19.2 Å². The van der Waals surface area contributed by atoms with E-state index >= 15 is 0 Å². The van der Waals surface area contributed by atoms with E-state index in [2.05, 4.69) is 4.98 Å². The summed E-state index contributed by atoms with van der Waals surface area (Å²) in [6.45, 7) is 0. The number of hydrogen-bond donors (Lipinski definition) is 4. The number of nitrogens with two attached hydrogens (primary N) is 1. The monoisotopic (exact) mass is 344 g/mol. The smallest absolute Gasteiger partial charge is 0.329 e. The van der Waals surface area contributed by atoms with Crippen LogP contribution in [0.5, 0.6) is 0 Å². The summed E-state index contributed by atoms with van der Waals surface area (Å²) in [4.78, 5) is 33.5. The molecule has 0 fully saturated rings. The normalized spacial score (nSPS) is 13.3. The first-order valence-electron chi connectivity index (χ1n) is 6.27. The fourth-order valence-corrected chi connectivity index (χ4v) is 2.94. The van der Waals surface area contributed by atoms with Crippen LogP contribution in [0.3, 0.4) is 0 Å². The number of fused-ring (bicyclic) bond motifs is 1. The van der Waals surface area contributed by atoms with Crippen LogP contribution in [0.25, 0.3) is 10.9 Å². The number of rotatable bonds is 5. The summed E-state index contributed by atoms with van der Waals surface area (Å²) in [6, 6.07) is 5.26. The van der Waals surface area contributed by atoms with E-state index in [0.717, 1.165) is 0 Å². The molecular formula is C13H14ClN2O5P. The highest BCUT2D eigenvalue weighted by molar-refractivity contribution is 7.50. The van der Waals surface area contributed by atoms with E-state index in [-0.39, 0.29) is 17.7 Å². The standard InChI is InChI=1S/C13H14ClN2O5P/c14-9-2-1-7-3-8(6-22(19,20)21)12(16-11(7)4-9)5-10(15)13(17)18/h1-4,10H,5-6,15H2,(H,17,18)(H2,19,20,21)/t10-/m1/s1. The Kier molecular flexibility index (Phi) is 4.84. The maximum atomic E-state index is 11.3. The summed E-state index contributed by atoms with van der Waals surface area (Å²) >= 11 is 5.89. The Morgan fingerprint density at radius 3 is 2.64 bits per heavy atom. The Morgan fingerprint density at radius 1 is 1.36 bits per heavy atom. The van der Waals surface area contributed by atoms with E-state index in [1.807, 2.05) is 0 Å². The van der Waals surface area contributed by atoms with Gasteiger partial charge in [0.1, 0.15) is 6.04 Å². The molecule has 1 aromatic heterocycles. The molecule has 22 heavy (non-hydrogen) atoms. The maximum Gasteiger partial charge on any atom is 0.329 e. The molecule has 1 heterocycles. The number of hydrogen-bond acceptors (Lipinski definition) is 4. The molecule has 0 aliphatic carbocycles. The zero-order chi connectivity index (χ0) is 16.5. The largest absolute Gasteiger partial charge is 0.480 e. The number of carbonyl (C=O) groups is 1. The summed E-state index contributed by atoms with van der Waals surface area (Å²) in [7, 11) is -4.32.